The number of rotatable bonds is 3. The molecule has 0 radical (unpaired) electrons. The summed E-state index contributed by atoms with van der Waals surface area (Å²) in [5.41, 5.74) is 0.919. The second-order valence-electron chi connectivity index (χ2n) is 5.88. The van der Waals surface area contributed by atoms with Gasteiger partial charge in [-0.15, -0.1) is 0 Å². The molecule has 4 rings (SSSR count). The highest BCUT2D eigenvalue weighted by Crippen LogP contribution is 2.73. The number of hydrogen-bond donors (Lipinski definition) is 0. The molecule has 5 heteroatoms. The number of halogens is 2. The van der Waals surface area contributed by atoms with Gasteiger partial charge in [-0.05, 0) is 12.1 Å². The summed E-state index contributed by atoms with van der Waals surface area (Å²) in [4.78, 5) is 0. The molecule has 0 bridgehead atoms. The highest BCUT2D eigenvalue weighted by molar-refractivity contribution is 7.73. The van der Waals surface area contributed by atoms with Crippen molar-refractivity contribution in [1.29, 1.82) is 0 Å². The van der Waals surface area contributed by atoms with Crippen LogP contribution in [0.3, 0.4) is 0 Å². The molecule has 1 aliphatic heterocycles. The fraction of sp³-hybridized carbons (Fsp3) is 0.100. The van der Waals surface area contributed by atoms with E-state index < -0.39 is 18.7 Å². The third-order valence-corrected chi connectivity index (χ3v) is 7.73. The summed E-state index contributed by atoms with van der Waals surface area (Å²) in [6.07, 6.45) is -3.04. The number of fused-ring (bicyclic) bond motifs is 1. The first-order valence-electron chi connectivity index (χ1n) is 7.88. The second-order valence-corrected chi connectivity index (χ2v) is 8.70. The molecule has 3 aromatic rings. The van der Waals surface area contributed by atoms with Gasteiger partial charge in [-0.3, -0.25) is 0 Å². The molecular formula is C20H15F2O2P. The molecule has 0 unspecified atom stereocenters. The Morgan fingerprint density at radius 1 is 0.760 bits per heavy atom. The predicted molar refractivity (Wildman–Crippen MR) is 94.0 cm³/mol. The smallest absolute Gasteiger partial charge is 0.297 e. The van der Waals surface area contributed by atoms with Crippen LogP contribution >= 0.6 is 7.14 Å². The quantitative estimate of drug-likeness (QED) is 0.604. The molecule has 3 aromatic carbocycles. The van der Waals surface area contributed by atoms with Gasteiger partial charge in [0.2, 0.25) is 12.5 Å². The van der Waals surface area contributed by atoms with Crippen LogP contribution in [0.4, 0.5) is 8.78 Å². The van der Waals surface area contributed by atoms with E-state index in [0.717, 1.165) is 0 Å². The van der Waals surface area contributed by atoms with Gasteiger partial charge in [0.15, 0.2) is 0 Å². The minimum atomic E-state index is -4.27. The minimum absolute atomic E-state index is 0.0951. The first kappa shape index (κ1) is 16.0. The zero-order valence-electron chi connectivity index (χ0n) is 13.2. The van der Waals surface area contributed by atoms with Crippen molar-refractivity contribution in [3.8, 4) is 5.75 Å². The maximum Gasteiger partial charge on any atom is 0.297 e. The second kappa shape index (κ2) is 5.82. The van der Waals surface area contributed by atoms with Gasteiger partial charge in [0.05, 0.1) is 5.30 Å². The Balaban J connectivity index is 2.11. The van der Waals surface area contributed by atoms with E-state index in [1.54, 1.807) is 78.9 Å². The Morgan fingerprint density at radius 2 is 1.24 bits per heavy atom. The van der Waals surface area contributed by atoms with E-state index >= 15 is 0 Å². The highest BCUT2D eigenvalue weighted by atomic mass is 31.2. The van der Waals surface area contributed by atoms with Crippen LogP contribution in [0.15, 0.2) is 84.9 Å². The number of para-hydroxylation sites is 1. The summed E-state index contributed by atoms with van der Waals surface area (Å²) in [6.45, 7) is 0. The van der Waals surface area contributed by atoms with Crippen molar-refractivity contribution < 1.29 is 18.1 Å². The average molecular weight is 356 g/mol. The fourth-order valence-electron chi connectivity index (χ4n) is 3.45. The van der Waals surface area contributed by atoms with Gasteiger partial charge in [0.25, 0.3) is 6.17 Å². The lowest BCUT2D eigenvalue weighted by Crippen LogP contribution is -2.34. The molecular weight excluding hydrogens is 341 g/mol. The SMILES string of the molecule is O=[P@@]1(C(F)F)c2ccccc2OC1(c1ccccc1)c1ccccc1. The lowest BCUT2D eigenvalue weighted by atomic mass is 10.0. The van der Waals surface area contributed by atoms with Crippen LogP contribution in [0, 0.1) is 0 Å². The lowest BCUT2D eigenvalue weighted by Gasteiger charge is -2.35. The summed E-state index contributed by atoms with van der Waals surface area (Å²) in [5.74, 6) is 0.249. The van der Waals surface area contributed by atoms with Crippen molar-refractivity contribution in [1.82, 2.24) is 0 Å². The van der Waals surface area contributed by atoms with Crippen molar-refractivity contribution in [2.24, 2.45) is 0 Å². The monoisotopic (exact) mass is 356 g/mol. The average Bonchev–Trinajstić information content (AvgIpc) is 2.95. The first-order valence-corrected chi connectivity index (χ1v) is 9.66. The number of benzene rings is 3. The normalized spacial score (nSPS) is 20.9. The number of hydrogen-bond acceptors (Lipinski definition) is 2. The molecule has 0 N–H and O–H groups in total. The Morgan fingerprint density at radius 3 is 1.76 bits per heavy atom. The third kappa shape index (κ3) is 2.11. The van der Waals surface area contributed by atoms with E-state index in [1.165, 1.54) is 6.07 Å². The molecule has 25 heavy (non-hydrogen) atoms. The Kier molecular flexibility index (Phi) is 3.73. The Bertz CT molecular complexity index is 903. The minimum Gasteiger partial charge on any atom is -0.469 e. The molecule has 0 saturated carbocycles. The first-order chi connectivity index (χ1) is 12.1. The van der Waals surface area contributed by atoms with Crippen molar-refractivity contribution >= 4 is 12.4 Å². The van der Waals surface area contributed by atoms with Crippen LogP contribution in [0.25, 0.3) is 0 Å². The van der Waals surface area contributed by atoms with E-state index in [9.17, 15) is 13.3 Å². The molecule has 0 amide bonds. The molecule has 0 aliphatic carbocycles. The van der Waals surface area contributed by atoms with Crippen LogP contribution < -0.4 is 10.0 Å². The van der Waals surface area contributed by atoms with Gasteiger partial charge < -0.3 is 9.30 Å². The molecule has 0 aromatic heterocycles. The van der Waals surface area contributed by atoms with Crippen molar-refractivity contribution in [2.75, 3.05) is 0 Å². The van der Waals surface area contributed by atoms with Gasteiger partial charge in [0, 0.05) is 11.1 Å². The largest absolute Gasteiger partial charge is 0.469 e. The van der Waals surface area contributed by atoms with Gasteiger partial charge >= 0.3 is 0 Å². The van der Waals surface area contributed by atoms with Gasteiger partial charge in [-0.25, -0.2) is 8.78 Å². The molecule has 1 atom stereocenters. The van der Waals surface area contributed by atoms with Crippen molar-refractivity contribution in [3.63, 3.8) is 0 Å². The summed E-state index contributed by atoms with van der Waals surface area (Å²) < 4.78 is 48.7. The maximum atomic E-state index is 14.3. The lowest BCUT2D eigenvalue weighted by molar-refractivity contribution is 0.178. The van der Waals surface area contributed by atoms with E-state index in [2.05, 4.69) is 0 Å². The molecule has 1 heterocycles. The third-order valence-electron chi connectivity index (χ3n) is 4.55. The standard InChI is InChI=1S/C20H15F2O2P/c21-19(22)25(23)18-14-8-7-13-17(18)24-20(25,15-9-3-1-4-10-15)16-11-5-2-6-12-16/h1-14,19H/t25-/m1/s1. The molecule has 0 spiro atoms. The molecule has 0 saturated heterocycles. The molecule has 126 valence electrons. The molecule has 1 aliphatic rings. The van der Waals surface area contributed by atoms with Crippen LogP contribution in [-0.4, -0.2) is 6.17 Å². The predicted octanol–water partition coefficient (Wildman–Crippen LogP) is 5.19. The van der Waals surface area contributed by atoms with Crippen LogP contribution in [0.1, 0.15) is 11.1 Å². The number of alkyl halides is 2. The summed E-state index contributed by atoms with van der Waals surface area (Å²) in [7, 11) is -4.27. The zero-order valence-corrected chi connectivity index (χ0v) is 14.1. The van der Waals surface area contributed by atoms with E-state index in [0.29, 0.717) is 11.1 Å². The Labute approximate surface area is 144 Å². The van der Waals surface area contributed by atoms with Crippen LogP contribution in [-0.2, 0) is 9.91 Å². The Hall–Kier alpha value is -2.45. The van der Waals surface area contributed by atoms with E-state index in [-0.39, 0.29) is 11.1 Å². The van der Waals surface area contributed by atoms with Gasteiger partial charge in [0.1, 0.15) is 5.75 Å². The van der Waals surface area contributed by atoms with E-state index in [1.807, 2.05) is 0 Å². The summed E-state index contributed by atoms with van der Waals surface area (Å²) >= 11 is 0. The van der Waals surface area contributed by atoms with Crippen molar-refractivity contribution in [3.05, 3.63) is 96.1 Å². The van der Waals surface area contributed by atoms with Gasteiger partial charge in [-0.1, -0.05) is 72.8 Å². The number of ether oxygens (including phenoxy) is 1. The fourth-order valence-corrected chi connectivity index (χ4v) is 6.33. The molecule has 2 nitrogen and oxygen atoms in total. The summed E-state index contributed by atoms with van der Waals surface area (Å²) in [6, 6.07) is 23.7. The summed E-state index contributed by atoms with van der Waals surface area (Å²) in [5, 5.41) is -1.63. The van der Waals surface area contributed by atoms with Gasteiger partial charge in [-0.2, -0.15) is 0 Å². The van der Waals surface area contributed by atoms with Crippen LogP contribution in [0.2, 0.25) is 0 Å². The van der Waals surface area contributed by atoms with Crippen LogP contribution in [0.5, 0.6) is 5.75 Å². The highest BCUT2D eigenvalue weighted by Gasteiger charge is 2.64. The molecule has 0 fully saturated rings. The topological polar surface area (TPSA) is 26.3 Å². The zero-order chi connectivity index (χ0) is 17.5. The maximum absolute atomic E-state index is 14.3. The van der Waals surface area contributed by atoms with E-state index in [4.69, 9.17) is 4.74 Å². The van der Waals surface area contributed by atoms with Crippen molar-refractivity contribution in [2.45, 2.75) is 11.5 Å².